The Kier molecular flexibility index (Phi) is 4.59. The van der Waals surface area contributed by atoms with Gasteiger partial charge in [0.15, 0.2) is 5.75 Å². The molecule has 0 aliphatic carbocycles. The largest absolute Gasteiger partial charge is 0.480 e. The molecular weight excluding hydrogens is 348 g/mol. The molecule has 0 unspecified atom stereocenters. The minimum atomic E-state index is -1.10. The lowest BCUT2D eigenvalue weighted by atomic mass is 10.3. The van der Waals surface area contributed by atoms with Crippen molar-refractivity contribution in [3.8, 4) is 5.75 Å². The van der Waals surface area contributed by atoms with Gasteiger partial charge in [-0.2, -0.15) is 0 Å². The molecule has 1 aromatic carbocycles. The predicted molar refractivity (Wildman–Crippen MR) is 95.8 cm³/mol. The average molecular weight is 362 g/mol. The summed E-state index contributed by atoms with van der Waals surface area (Å²) in [5.74, 6) is -0.125. The van der Waals surface area contributed by atoms with Gasteiger partial charge in [0.25, 0.3) is 5.91 Å². The number of carboxylic acids is 1. The lowest BCUT2D eigenvalue weighted by molar-refractivity contribution is -0.140. The van der Waals surface area contributed by atoms with Crippen LogP contribution >= 0.6 is 24.0 Å². The number of fused-ring (bicyclic) bond motifs is 1. The van der Waals surface area contributed by atoms with Crippen LogP contribution in [0.4, 0.5) is 5.69 Å². The standard InChI is InChI=1S/C16H14N2O4S2/c1-2-17-10-5-3-4-6-11(10)22-13(17)8-7-12-15(21)18(9-14(19)20)16(23)24-12/h3-8H,2,9H2,1H3,(H,19,20)/b12-7-,13-8-. The number of anilines is 1. The molecule has 0 atom stereocenters. The Hall–Kier alpha value is -2.32. The lowest BCUT2D eigenvalue weighted by Gasteiger charge is -2.14. The highest BCUT2D eigenvalue weighted by molar-refractivity contribution is 8.26. The lowest BCUT2D eigenvalue weighted by Crippen LogP contribution is -2.33. The van der Waals surface area contributed by atoms with Crippen molar-refractivity contribution in [1.29, 1.82) is 0 Å². The SMILES string of the molecule is CCN1/C(=C/C=C2\SC(=S)N(CC(=O)O)C2=O)Oc2ccccc21. The molecule has 0 bridgehead atoms. The Morgan fingerprint density at radius 3 is 2.79 bits per heavy atom. The summed E-state index contributed by atoms with van der Waals surface area (Å²) in [4.78, 5) is 26.5. The molecular formula is C16H14N2O4S2. The van der Waals surface area contributed by atoms with Crippen molar-refractivity contribution in [2.24, 2.45) is 0 Å². The number of thiocarbonyl (C=S) groups is 1. The van der Waals surface area contributed by atoms with Crippen molar-refractivity contribution in [1.82, 2.24) is 4.90 Å². The van der Waals surface area contributed by atoms with E-state index in [2.05, 4.69) is 0 Å². The van der Waals surface area contributed by atoms with Gasteiger partial charge in [-0.15, -0.1) is 0 Å². The van der Waals surface area contributed by atoms with Crippen LogP contribution in [0.3, 0.4) is 0 Å². The second kappa shape index (κ2) is 6.66. The Labute approximate surface area is 148 Å². The fraction of sp³-hybridized carbons (Fsp3) is 0.188. The van der Waals surface area contributed by atoms with Crippen LogP contribution in [-0.4, -0.2) is 39.3 Å². The van der Waals surface area contributed by atoms with E-state index < -0.39 is 18.4 Å². The van der Waals surface area contributed by atoms with Gasteiger partial charge in [-0.25, -0.2) is 0 Å². The molecule has 8 heteroatoms. The Bertz CT molecular complexity index is 788. The molecule has 1 saturated heterocycles. The first-order valence-corrected chi connectivity index (χ1v) is 8.45. The molecule has 2 aliphatic heterocycles. The van der Waals surface area contributed by atoms with E-state index >= 15 is 0 Å². The average Bonchev–Trinajstić information content (AvgIpc) is 3.04. The van der Waals surface area contributed by atoms with E-state index in [-0.39, 0.29) is 4.32 Å². The second-order valence-corrected chi connectivity index (χ2v) is 6.68. The van der Waals surface area contributed by atoms with Gasteiger partial charge in [-0.05, 0) is 25.1 Å². The normalized spacial score (nSPS) is 20.0. The fourth-order valence-electron chi connectivity index (χ4n) is 2.44. The molecule has 0 aromatic heterocycles. The molecule has 0 spiro atoms. The molecule has 1 fully saturated rings. The topological polar surface area (TPSA) is 70.1 Å². The van der Waals surface area contributed by atoms with Crippen LogP contribution in [0.25, 0.3) is 0 Å². The van der Waals surface area contributed by atoms with E-state index in [0.717, 1.165) is 34.6 Å². The summed E-state index contributed by atoms with van der Waals surface area (Å²) in [5, 5.41) is 8.84. The number of ether oxygens (including phenoxy) is 1. The number of nitrogens with zero attached hydrogens (tertiary/aromatic N) is 2. The van der Waals surface area contributed by atoms with Crippen LogP contribution in [0.2, 0.25) is 0 Å². The smallest absolute Gasteiger partial charge is 0.323 e. The third-order valence-electron chi connectivity index (χ3n) is 3.50. The highest BCUT2D eigenvalue weighted by Crippen LogP contribution is 2.38. The molecule has 24 heavy (non-hydrogen) atoms. The minimum Gasteiger partial charge on any atom is -0.480 e. The van der Waals surface area contributed by atoms with Crippen molar-refractivity contribution in [3.05, 3.63) is 47.2 Å². The summed E-state index contributed by atoms with van der Waals surface area (Å²) < 4.78 is 6.05. The van der Waals surface area contributed by atoms with Gasteiger partial charge in [0.05, 0.1) is 10.6 Å². The fourth-order valence-corrected chi connectivity index (χ4v) is 3.63. The molecule has 0 saturated carbocycles. The number of thioether (sulfide) groups is 1. The number of hydrogen-bond donors (Lipinski definition) is 1. The van der Waals surface area contributed by atoms with Gasteiger partial charge in [-0.1, -0.05) is 36.1 Å². The minimum absolute atomic E-state index is 0.245. The summed E-state index contributed by atoms with van der Waals surface area (Å²) in [6, 6.07) is 7.68. The molecule has 2 heterocycles. The Morgan fingerprint density at radius 2 is 2.08 bits per heavy atom. The van der Waals surface area contributed by atoms with Gasteiger partial charge in [-0.3, -0.25) is 14.5 Å². The summed E-state index contributed by atoms with van der Waals surface area (Å²) in [6.45, 7) is 2.30. The van der Waals surface area contributed by atoms with Crippen LogP contribution in [0, 0.1) is 0 Å². The highest BCUT2D eigenvalue weighted by atomic mass is 32.2. The zero-order valence-corrected chi connectivity index (χ0v) is 14.4. The number of rotatable bonds is 4. The van der Waals surface area contributed by atoms with E-state index in [9.17, 15) is 9.59 Å². The van der Waals surface area contributed by atoms with Gasteiger partial charge < -0.3 is 14.7 Å². The first-order chi connectivity index (χ1) is 11.5. The number of para-hydroxylation sites is 2. The van der Waals surface area contributed by atoms with Crippen LogP contribution in [0.1, 0.15) is 6.92 Å². The van der Waals surface area contributed by atoms with E-state index in [4.69, 9.17) is 22.1 Å². The van der Waals surface area contributed by atoms with Crippen LogP contribution in [0.5, 0.6) is 5.75 Å². The number of benzene rings is 1. The number of hydrogen-bond acceptors (Lipinski definition) is 6. The second-order valence-electron chi connectivity index (χ2n) is 5.00. The highest BCUT2D eigenvalue weighted by Gasteiger charge is 2.33. The molecule has 6 nitrogen and oxygen atoms in total. The molecule has 3 rings (SSSR count). The predicted octanol–water partition coefficient (Wildman–Crippen LogP) is 2.58. The molecule has 1 aromatic rings. The molecule has 2 aliphatic rings. The molecule has 124 valence electrons. The first kappa shape index (κ1) is 16.5. The van der Waals surface area contributed by atoms with Crippen LogP contribution in [0.15, 0.2) is 47.2 Å². The molecule has 0 radical (unpaired) electrons. The Morgan fingerprint density at radius 1 is 1.33 bits per heavy atom. The number of amides is 1. The maximum atomic E-state index is 12.2. The van der Waals surface area contributed by atoms with Crippen LogP contribution < -0.4 is 9.64 Å². The van der Waals surface area contributed by atoms with Crippen LogP contribution in [-0.2, 0) is 9.59 Å². The maximum absolute atomic E-state index is 12.2. The third kappa shape index (κ3) is 3.02. The van der Waals surface area contributed by atoms with Gasteiger partial charge in [0, 0.05) is 12.6 Å². The Balaban J connectivity index is 1.83. The zero-order chi connectivity index (χ0) is 17.3. The van der Waals surface area contributed by atoms with Crippen molar-refractivity contribution in [2.75, 3.05) is 18.0 Å². The van der Waals surface area contributed by atoms with Crippen molar-refractivity contribution >= 4 is 45.9 Å². The number of allylic oxidation sites excluding steroid dienone is 2. The zero-order valence-electron chi connectivity index (χ0n) is 12.8. The van der Waals surface area contributed by atoms with Crippen molar-refractivity contribution in [2.45, 2.75) is 6.92 Å². The summed E-state index contributed by atoms with van der Waals surface area (Å²) in [6.07, 6.45) is 3.32. The van der Waals surface area contributed by atoms with Crippen molar-refractivity contribution in [3.63, 3.8) is 0 Å². The summed E-state index contributed by atoms with van der Waals surface area (Å²) in [5.41, 5.74) is 0.970. The summed E-state index contributed by atoms with van der Waals surface area (Å²) >= 11 is 6.15. The van der Waals surface area contributed by atoms with Crippen molar-refractivity contribution < 1.29 is 19.4 Å². The number of carbonyl (C=O) groups is 2. The van der Waals surface area contributed by atoms with Gasteiger partial charge >= 0.3 is 5.97 Å². The molecule has 1 N–H and O–H groups in total. The first-order valence-electron chi connectivity index (χ1n) is 7.23. The van der Waals surface area contributed by atoms with E-state index in [1.165, 1.54) is 0 Å². The van der Waals surface area contributed by atoms with Gasteiger partial charge in [0.1, 0.15) is 10.9 Å². The number of carbonyl (C=O) groups excluding carboxylic acids is 1. The third-order valence-corrected chi connectivity index (χ3v) is 4.89. The number of carboxylic acid groups (broad SMARTS) is 1. The number of aliphatic carboxylic acids is 1. The quantitative estimate of drug-likeness (QED) is 0.652. The maximum Gasteiger partial charge on any atom is 0.323 e. The summed E-state index contributed by atoms with van der Waals surface area (Å²) in [7, 11) is 0. The monoisotopic (exact) mass is 362 g/mol. The molecule has 1 amide bonds. The van der Waals surface area contributed by atoms with E-state index in [0.29, 0.717) is 10.8 Å². The van der Waals surface area contributed by atoms with E-state index in [1.54, 1.807) is 12.2 Å². The van der Waals surface area contributed by atoms with E-state index in [1.807, 2.05) is 36.1 Å². The van der Waals surface area contributed by atoms with Gasteiger partial charge in [0.2, 0.25) is 5.88 Å².